The fraction of sp³-hybridized carbons (Fsp3) is 0.400. The van der Waals surface area contributed by atoms with Gasteiger partial charge in [0.15, 0.2) is 10.6 Å². The molecule has 3 atom stereocenters. The topological polar surface area (TPSA) is 106 Å². The normalized spacial score (nSPS) is 19.9. The molecular formula is C25H30N4O4S2. The van der Waals surface area contributed by atoms with Crippen LogP contribution in [0.2, 0.25) is 0 Å². The number of thioether (sulfide) groups is 1. The van der Waals surface area contributed by atoms with Crippen LogP contribution in [0, 0.1) is 6.92 Å². The number of aliphatic hydroxyl groups is 1. The van der Waals surface area contributed by atoms with E-state index in [2.05, 4.69) is 20.8 Å². The molecule has 2 aromatic carbocycles. The number of ether oxygens (including phenoxy) is 2. The average Bonchev–Trinajstić information content (AvgIpc) is 3.31. The summed E-state index contributed by atoms with van der Waals surface area (Å²) in [5, 5.41) is 24.2. The first kappa shape index (κ1) is 25.6. The fourth-order valence-electron chi connectivity index (χ4n) is 3.72. The zero-order valence-electron chi connectivity index (χ0n) is 19.8. The second-order valence-electron chi connectivity index (χ2n) is 8.20. The van der Waals surface area contributed by atoms with Crippen molar-refractivity contribution in [1.82, 2.24) is 20.8 Å². The Bertz CT molecular complexity index is 1090. The van der Waals surface area contributed by atoms with E-state index in [0.717, 1.165) is 37.4 Å². The van der Waals surface area contributed by atoms with Crippen molar-refractivity contribution in [3.8, 4) is 0 Å². The van der Waals surface area contributed by atoms with Gasteiger partial charge in [-0.3, -0.25) is 0 Å². The minimum atomic E-state index is -0.515. The van der Waals surface area contributed by atoms with Gasteiger partial charge in [0.1, 0.15) is 5.01 Å². The fourth-order valence-corrected chi connectivity index (χ4v) is 5.58. The van der Waals surface area contributed by atoms with Gasteiger partial charge in [0.05, 0.1) is 18.8 Å². The van der Waals surface area contributed by atoms with E-state index < -0.39 is 6.29 Å². The molecule has 0 radical (unpaired) electrons. The number of rotatable bonds is 9. The Morgan fingerprint density at radius 3 is 2.43 bits per heavy atom. The van der Waals surface area contributed by atoms with Crippen molar-refractivity contribution in [3.05, 3.63) is 75.8 Å². The van der Waals surface area contributed by atoms with Gasteiger partial charge in [-0.2, -0.15) is 0 Å². The third-order valence-corrected chi connectivity index (χ3v) is 7.66. The summed E-state index contributed by atoms with van der Waals surface area (Å²) in [5.74, 6) is 0.744. The van der Waals surface area contributed by atoms with Crippen LogP contribution in [0.1, 0.15) is 53.0 Å². The molecule has 4 rings (SSSR count). The zero-order chi connectivity index (χ0) is 24.6. The smallest absolute Gasteiger partial charge is 0.315 e. The molecule has 3 N–H and O–H groups in total. The molecule has 3 aromatic rings. The van der Waals surface area contributed by atoms with Crippen molar-refractivity contribution in [2.75, 3.05) is 12.3 Å². The van der Waals surface area contributed by atoms with Gasteiger partial charge in [0.25, 0.3) is 0 Å². The Morgan fingerprint density at radius 1 is 1.06 bits per heavy atom. The molecule has 0 saturated carbocycles. The van der Waals surface area contributed by atoms with E-state index in [0.29, 0.717) is 19.5 Å². The van der Waals surface area contributed by atoms with Crippen molar-refractivity contribution in [2.24, 2.45) is 0 Å². The first-order valence-corrected chi connectivity index (χ1v) is 13.4. The van der Waals surface area contributed by atoms with Crippen molar-refractivity contribution in [1.29, 1.82) is 0 Å². The molecule has 10 heteroatoms. The van der Waals surface area contributed by atoms with Gasteiger partial charge >= 0.3 is 6.03 Å². The Morgan fingerprint density at radius 2 is 1.77 bits per heavy atom. The van der Waals surface area contributed by atoms with Crippen LogP contribution in [0.25, 0.3) is 0 Å². The van der Waals surface area contributed by atoms with Gasteiger partial charge in [-0.1, -0.05) is 71.6 Å². The number of hydrogen-bond acceptors (Lipinski definition) is 8. The van der Waals surface area contributed by atoms with Gasteiger partial charge in [-0.05, 0) is 30.5 Å². The maximum atomic E-state index is 11.7. The summed E-state index contributed by atoms with van der Waals surface area (Å²) in [6.45, 7) is 4.87. The molecule has 2 amide bonds. The molecule has 8 nitrogen and oxygen atoms in total. The molecule has 2 heterocycles. The molecular weight excluding hydrogens is 484 g/mol. The first-order valence-electron chi connectivity index (χ1n) is 11.6. The monoisotopic (exact) mass is 514 g/mol. The molecule has 0 aliphatic carbocycles. The minimum Gasteiger partial charge on any atom is -0.392 e. The van der Waals surface area contributed by atoms with Gasteiger partial charge in [0.2, 0.25) is 0 Å². The van der Waals surface area contributed by atoms with Crippen molar-refractivity contribution in [2.45, 2.75) is 56.3 Å². The van der Waals surface area contributed by atoms with Crippen molar-refractivity contribution >= 4 is 29.1 Å². The summed E-state index contributed by atoms with van der Waals surface area (Å²) in [4.78, 5) is 11.7. The number of benzene rings is 2. The second kappa shape index (κ2) is 12.5. The molecule has 1 saturated heterocycles. The number of carbonyl (C=O) groups is 1. The van der Waals surface area contributed by atoms with E-state index in [-0.39, 0.29) is 24.8 Å². The Hall–Kier alpha value is -2.50. The van der Waals surface area contributed by atoms with Crippen LogP contribution in [0.3, 0.4) is 0 Å². The van der Waals surface area contributed by atoms with Crippen LogP contribution >= 0.6 is 23.1 Å². The average molecular weight is 515 g/mol. The number of urea groups is 1. The molecule has 1 aliphatic rings. The second-order valence-corrected chi connectivity index (χ2v) is 10.7. The third kappa shape index (κ3) is 7.25. The lowest BCUT2D eigenvalue weighted by Crippen LogP contribution is -2.34. The number of nitrogens with zero attached hydrogens (tertiary/aromatic N) is 2. The SMILES string of the molecule is CCNC(=O)NCc1ccc(C2O[C@H](CSc3nnc(C)s3)C[C@H](c3ccc(CO)cc3)O2)cc1. The highest BCUT2D eigenvalue weighted by atomic mass is 32.2. The molecule has 186 valence electrons. The Balaban J connectivity index is 1.46. The van der Waals surface area contributed by atoms with E-state index in [1.165, 1.54) is 0 Å². The molecule has 1 aromatic heterocycles. The summed E-state index contributed by atoms with van der Waals surface area (Å²) < 4.78 is 13.7. The Kier molecular flexibility index (Phi) is 9.11. The lowest BCUT2D eigenvalue weighted by molar-refractivity contribution is -0.245. The highest BCUT2D eigenvalue weighted by Crippen LogP contribution is 2.39. The highest BCUT2D eigenvalue weighted by Gasteiger charge is 2.32. The summed E-state index contributed by atoms with van der Waals surface area (Å²) in [6.07, 6.45) is 0.0270. The Labute approximate surface area is 213 Å². The lowest BCUT2D eigenvalue weighted by Gasteiger charge is -2.36. The summed E-state index contributed by atoms with van der Waals surface area (Å²) >= 11 is 3.23. The molecule has 1 fully saturated rings. The molecule has 1 aliphatic heterocycles. The molecule has 35 heavy (non-hydrogen) atoms. The molecule has 1 unspecified atom stereocenters. The summed E-state index contributed by atoms with van der Waals surface area (Å²) in [7, 11) is 0. The quantitative estimate of drug-likeness (QED) is 0.361. The van der Waals surface area contributed by atoms with Crippen LogP contribution < -0.4 is 10.6 Å². The van der Waals surface area contributed by atoms with Crippen LogP contribution in [0.15, 0.2) is 52.9 Å². The summed E-state index contributed by atoms with van der Waals surface area (Å²) in [5.41, 5.74) is 3.84. The first-order chi connectivity index (χ1) is 17.0. The van der Waals surface area contributed by atoms with E-state index in [1.54, 1.807) is 23.1 Å². The van der Waals surface area contributed by atoms with Crippen LogP contribution in [0.4, 0.5) is 4.79 Å². The third-order valence-electron chi connectivity index (χ3n) is 5.56. The van der Waals surface area contributed by atoms with Gasteiger partial charge < -0.3 is 25.2 Å². The number of aryl methyl sites for hydroxylation is 1. The standard InChI is InChI=1S/C25H30N4O4S2/c1-3-26-24(31)27-13-17-4-10-20(11-5-17)23-32-21(15-34-25-29-28-16(2)35-25)12-22(33-23)19-8-6-18(14-30)7-9-19/h4-11,21-23,30H,3,12-15H2,1-2H3,(H2,26,27,31)/t21-,22+,23?/m0/s1. The van der Waals surface area contributed by atoms with Gasteiger partial charge in [-0.15, -0.1) is 10.2 Å². The number of aliphatic hydroxyl groups excluding tert-OH is 1. The van der Waals surface area contributed by atoms with E-state index in [1.807, 2.05) is 62.4 Å². The van der Waals surface area contributed by atoms with Crippen molar-refractivity contribution in [3.63, 3.8) is 0 Å². The highest BCUT2D eigenvalue weighted by molar-refractivity contribution is 8.01. The largest absolute Gasteiger partial charge is 0.392 e. The maximum absolute atomic E-state index is 11.7. The number of carbonyl (C=O) groups excluding carboxylic acids is 1. The van der Waals surface area contributed by atoms with Crippen molar-refractivity contribution < 1.29 is 19.4 Å². The predicted molar refractivity (Wildman–Crippen MR) is 136 cm³/mol. The minimum absolute atomic E-state index is 0.0133. The van der Waals surface area contributed by atoms with Crippen LogP contribution in [-0.2, 0) is 22.6 Å². The van der Waals surface area contributed by atoms with E-state index in [4.69, 9.17) is 9.47 Å². The van der Waals surface area contributed by atoms with E-state index in [9.17, 15) is 9.90 Å². The lowest BCUT2D eigenvalue weighted by atomic mass is 10.0. The number of nitrogens with one attached hydrogen (secondary N) is 2. The van der Waals surface area contributed by atoms with Crippen LogP contribution in [-0.4, -0.2) is 39.7 Å². The number of aromatic nitrogens is 2. The maximum Gasteiger partial charge on any atom is 0.315 e. The number of hydrogen-bond donors (Lipinski definition) is 3. The zero-order valence-corrected chi connectivity index (χ0v) is 21.4. The molecule has 0 bridgehead atoms. The van der Waals surface area contributed by atoms with Gasteiger partial charge in [0, 0.05) is 30.8 Å². The van der Waals surface area contributed by atoms with E-state index >= 15 is 0 Å². The van der Waals surface area contributed by atoms with Crippen LogP contribution in [0.5, 0.6) is 0 Å². The molecule has 0 spiro atoms. The summed E-state index contributed by atoms with van der Waals surface area (Å²) in [6, 6.07) is 15.6. The van der Waals surface area contributed by atoms with Gasteiger partial charge in [-0.25, -0.2) is 4.79 Å². The predicted octanol–water partition coefficient (Wildman–Crippen LogP) is 4.50. The number of amides is 2.